The zero-order valence-electron chi connectivity index (χ0n) is 13.2. The molecule has 1 fully saturated rings. The number of likely N-dealkylation sites (N-methyl/N-ethyl adjacent to an activating group) is 1. The number of benzene rings is 1. The zero-order valence-corrected chi connectivity index (χ0v) is 13.2. The molecule has 0 bridgehead atoms. The molecule has 1 N–H and O–H groups in total. The van der Waals surface area contributed by atoms with Crippen LogP contribution in [-0.4, -0.2) is 60.4 Å². The van der Waals surface area contributed by atoms with Gasteiger partial charge in [-0.3, -0.25) is 9.59 Å². The lowest BCUT2D eigenvalue weighted by atomic mass is 10.00. The van der Waals surface area contributed by atoms with Crippen molar-refractivity contribution in [2.75, 3.05) is 38.5 Å². The Labute approximate surface area is 130 Å². The Morgan fingerprint density at radius 1 is 1.27 bits per heavy atom. The highest BCUT2D eigenvalue weighted by Crippen LogP contribution is 2.35. The Morgan fingerprint density at radius 2 is 1.95 bits per heavy atom. The van der Waals surface area contributed by atoms with Gasteiger partial charge in [0.25, 0.3) is 17.4 Å². The van der Waals surface area contributed by atoms with Gasteiger partial charge in [-0.25, -0.2) is 0 Å². The highest BCUT2D eigenvalue weighted by molar-refractivity contribution is 6.15. The molecule has 6 heteroatoms. The van der Waals surface area contributed by atoms with Gasteiger partial charge in [-0.1, -0.05) is 6.07 Å². The van der Waals surface area contributed by atoms with Crippen molar-refractivity contribution in [2.24, 2.45) is 0 Å². The minimum atomic E-state index is -1.50. The van der Waals surface area contributed by atoms with E-state index in [1.807, 2.05) is 26.1 Å². The van der Waals surface area contributed by atoms with Crippen LogP contribution in [-0.2, 0) is 9.59 Å². The lowest BCUT2D eigenvalue weighted by Gasteiger charge is -2.39. The standard InChI is InChI=1S/C16H21N3O3/c1-11-4-5-13-12(10-11)17-14(20)16(2,22-13)15(21)19-8-6-18(3)7-9-19/h4-5,10H,6-9H2,1-3H3,(H,17,20)/t16-/m0/s1. The van der Waals surface area contributed by atoms with Crippen molar-refractivity contribution in [2.45, 2.75) is 19.4 Å². The number of amides is 2. The molecule has 2 aliphatic rings. The van der Waals surface area contributed by atoms with Crippen LogP contribution in [0, 0.1) is 6.92 Å². The van der Waals surface area contributed by atoms with Crippen molar-refractivity contribution in [3.05, 3.63) is 23.8 Å². The molecule has 2 amide bonds. The van der Waals surface area contributed by atoms with E-state index < -0.39 is 11.5 Å². The van der Waals surface area contributed by atoms with Crippen LogP contribution in [0.1, 0.15) is 12.5 Å². The quantitative estimate of drug-likeness (QED) is 0.782. The molecule has 22 heavy (non-hydrogen) atoms. The molecule has 1 aromatic carbocycles. The summed E-state index contributed by atoms with van der Waals surface area (Å²) in [6.07, 6.45) is 0. The number of anilines is 1. The second-order valence-corrected chi connectivity index (χ2v) is 6.18. The van der Waals surface area contributed by atoms with Gasteiger partial charge in [0.2, 0.25) is 0 Å². The van der Waals surface area contributed by atoms with Gasteiger partial charge in [0, 0.05) is 26.2 Å². The lowest BCUT2D eigenvalue weighted by molar-refractivity contribution is -0.155. The van der Waals surface area contributed by atoms with Crippen LogP contribution in [0.15, 0.2) is 18.2 Å². The molecule has 3 rings (SSSR count). The van der Waals surface area contributed by atoms with E-state index in [0.29, 0.717) is 24.5 Å². The van der Waals surface area contributed by atoms with E-state index in [1.54, 1.807) is 17.9 Å². The number of hydrogen-bond acceptors (Lipinski definition) is 4. The summed E-state index contributed by atoms with van der Waals surface area (Å²) in [6.45, 7) is 6.32. The molecular weight excluding hydrogens is 282 g/mol. The van der Waals surface area contributed by atoms with E-state index >= 15 is 0 Å². The first-order valence-corrected chi connectivity index (χ1v) is 7.49. The number of aryl methyl sites for hydroxylation is 1. The molecule has 0 spiro atoms. The van der Waals surface area contributed by atoms with Crippen LogP contribution in [0.3, 0.4) is 0 Å². The van der Waals surface area contributed by atoms with Crippen molar-refractivity contribution in [3.63, 3.8) is 0 Å². The molecule has 6 nitrogen and oxygen atoms in total. The summed E-state index contributed by atoms with van der Waals surface area (Å²) in [7, 11) is 2.02. The van der Waals surface area contributed by atoms with Crippen molar-refractivity contribution >= 4 is 17.5 Å². The summed E-state index contributed by atoms with van der Waals surface area (Å²) in [4.78, 5) is 29.1. The van der Waals surface area contributed by atoms with E-state index in [2.05, 4.69) is 10.2 Å². The van der Waals surface area contributed by atoms with Gasteiger partial charge in [0.15, 0.2) is 0 Å². The van der Waals surface area contributed by atoms with Crippen LogP contribution >= 0.6 is 0 Å². The average Bonchev–Trinajstić information content (AvgIpc) is 2.49. The van der Waals surface area contributed by atoms with Gasteiger partial charge in [-0.15, -0.1) is 0 Å². The van der Waals surface area contributed by atoms with Crippen molar-refractivity contribution < 1.29 is 14.3 Å². The topological polar surface area (TPSA) is 61.9 Å². The first-order valence-electron chi connectivity index (χ1n) is 7.49. The Bertz CT molecular complexity index is 623. The van der Waals surface area contributed by atoms with Gasteiger partial charge in [-0.05, 0) is 38.6 Å². The first kappa shape index (κ1) is 14.8. The lowest BCUT2D eigenvalue weighted by Crippen LogP contribution is -2.62. The minimum absolute atomic E-state index is 0.274. The van der Waals surface area contributed by atoms with Gasteiger partial charge < -0.3 is 19.9 Å². The van der Waals surface area contributed by atoms with Gasteiger partial charge in [-0.2, -0.15) is 0 Å². The molecule has 1 atom stereocenters. The number of nitrogens with zero attached hydrogens (tertiary/aromatic N) is 2. The van der Waals surface area contributed by atoms with Crippen molar-refractivity contribution in [3.8, 4) is 5.75 Å². The fourth-order valence-corrected chi connectivity index (χ4v) is 2.79. The molecule has 0 unspecified atom stereocenters. The Hall–Kier alpha value is -2.08. The predicted molar refractivity (Wildman–Crippen MR) is 82.9 cm³/mol. The van der Waals surface area contributed by atoms with E-state index in [0.717, 1.165) is 18.7 Å². The van der Waals surface area contributed by atoms with Crippen LogP contribution in [0.5, 0.6) is 5.75 Å². The highest BCUT2D eigenvalue weighted by Gasteiger charge is 2.49. The normalized spacial score (nSPS) is 25.2. The summed E-state index contributed by atoms with van der Waals surface area (Å²) in [5, 5.41) is 2.80. The molecule has 0 aliphatic carbocycles. The van der Waals surface area contributed by atoms with E-state index in [9.17, 15) is 9.59 Å². The van der Waals surface area contributed by atoms with Gasteiger partial charge in [0.1, 0.15) is 5.75 Å². The first-order chi connectivity index (χ1) is 10.4. The Morgan fingerprint density at radius 3 is 2.64 bits per heavy atom. The van der Waals surface area contributed by atoms with Crippen LogP contribution in [0.25, 0.3) is 0 Å². The number of carbonyl (C=O) groups is 2. The summed E-state index contributed by atoms with van der Waals surface area (Å²) in [6, 6.07) is 5.53. The maximum atomic E-state index is 12.8. The smallest absolute Gasteiger partial charge is 0.278 e. The molecular formula is C16H21N3O3. The van der Waals surface area contributed by atoms with Crippen LogP contribution in [0.4, 0.5) is 5.69 Å². The number of rotatable bonds is 1. The fraction of sp³-hybridized carbons (Fsp3) is 0.500. The summed E-state index contributed by atoms with van der Waals surface area (Å²) >= 11 is 0. The van der Waals surface area contributed by atoms with Crippen LogP contribution in [0.2, 0.25) is 0 Å². The third kappa shape index (κ3) is 2.43. The van der Waals surface area contributed by atoms with E-state index in [4.69, 9.17) is 4.74 Å². The minimum Gasteiger partial charge on any atom is -0.466 e. The zero-order chi connectivity index (χ0) is 15.9. The van der Waals surface area contributed by atoms with Gasteiger partial charge >= 0.3 is 0 Å². The number of piperazine rings is 1. The summed E-state index contributed by atoms with van der Waals surface area (Å²) < 4.78 is 5.81. The fourth-order valence-electron chi connectivity index (χ4n) is 2.79. The number of ether oxygens (including phenoxy) is 1. The molecule has 0 aromatic heterocycles. The van der Waals surface area contributed by atoms with Gasteiger partial charge in [0.05, 0.1) is 5.69 Å². The van der Waals surface area contributed by atoms with E-state index in [1.165, 1.54) is 0 Å². The Kier molecular flexibility index (Phi) is 3.56. The number of nitrogens with one attached hydrogen (secondary N) is 1. The number of fused-ring (bicyclic) bond motifs is 1. The Balaban J connectivity index is 1.84. The highest BCUT2D eigenvalue weighted by atomic mass is 16.5. The monoisotopic (exact) mass is 303 g/mol. The maximum Gasteiger partial charge on any atom is 0.278 e. The SMILES string of the molecule is Cc1ccc2c(c1)NC(=O)[C@@](C)(C(=O)N1CCN(C)CC1)O2. The third-order valence-corrected chi connectivity index (χ3v) is 4.33. The second-order valence-electron chi connectivity index (χ2n) is 6.18. The molecule has 2 aliphatic heterocycles. The molecule has 118 valence electrons. The summed E-state index contributed by atoms with van der Waals surface area (Å²) in [5.74, 6) is -0.144. The largest absolute Gasteiger partial charge is 0.466 e. The number of hydrogen-bond donors (Lipinski definition) is 1. The summed E-state index contributed by atoms with van der Waals surface area (Å²) in [5.41, 5.74) is 0.142. The van der Waals surface area contributed by atoms with Crippen LogP contribution < -0.4 is 10.1 Å². The maximum absolute atomic E-state index is 12.8. The predicted octanol–water partition coefficient (Wildman–Crippen LogP) is 0.859. The average molecular weight is 303 g/mol. The number of carbonyl (C=O) groups excluding carboxylic acids is 2. The molecule has 1 aromatic rings. The molecule has 0 radical (unpaired) electrons. The third-order valence-electron chi connectivity index (χ3n) is 4.33. The van der Waals surface area contributed by atoms with Crippen molar-refractivity contribution in [1.82, 2.24) is 9.80 Å². The second kappa shape index (κ2) is 5.28. The van der Waals surface area contributed by atoms with Crippen molar-refractivity contribution in [1.29, 1.82) is 0 Å². The van der Waals surface area contributed by atoms with E-state index in [-0.39, 0.29) is 5.91 Å². The molecule has 2 heterocycles. The molecule has 0 saturated carbocycles. The molecule has 1 saturated heterocycles.